The highest BCUT2D eigenvalue weighted by atomic mass is 32.2. The Labute approximate surface area is 116 Å². The Balaban J connectivity index is 2.08. The Morgan fingerprint density at radius 3 is 2.84 bits per heavy atom. The molecule has 0 aliphatic carbocycles. The predicted molar refractivity (Wildman–Crippen MR) is 73.1 cm³/mol. The van der Waals surface area contributed by atoms with Gasteiger partial charge < -0.3 is 4.90 Å². The summed E-state index contributed by atoms with van der Waals surface area (Å²) in [6, 6.07) is -0.114. The van der Waals surface area contributed by atoms with Crippen LogP contribution in [0.15, 0.2) is 5.38 Å². The molecule has 2 atom stereocenters. The molecule has 8 heteroatoms. The Morgan fingerprint density at radius 2 is 2.32 bits per heavy atom. The third kappa shape index (κ3) is 3.52. The molecule has 19 heavy (non-hydrogen) atoms. The molecule has 1 aromatic rings. The molecule has 0 bridgehead atoms. The number of aromatic nitrogens is 1. The lowest BCUT2D eigenvalue weighted by atomic mass is 10.1. The second-order valence-corrected chi connectivity index (χ2v) is 7.50. The summed E-state index contributed by atoms with van der Waals surface area (Å²) in [7, 11) is -3.53. The molecular formula is C11H17N3O3S2. The van der Waals surface area contributed by atoms with E-state index in [1.807, 2.05) is 19.2 Å². The third-order valence-electron chi connectivity index (χ3n) is 3.17. The van der Waals surface area contributed by atoms with Crippen LogP contribution in [0.3, 0.4) is 0 Å². The van der Waals surface area contributed by atoms with E-state index in [0.717, 1.165) is 10.7 Å². The fourth-order valence-corrected chi connectivity index (χ4v) is 4.07. The summed E-state index contributed by atoms with van der Waals surface area (Å²) >= 11 is 1.51. The Kier molecular flexibility index (Phi) is 3.93. The standard InChI is InChI=1S/C11H17N3O3S2/c1-7-5-18-11(13-7)8(2)14-4-9(3-10(14)15)6-19(12,16)17/h5,8-9H,3-4,6H2,1-2H3,(H2,12,16,17). The third-order valence-corrected chi connectivity index (χ3v) is 5.24. The van der Waals surface area contributed by atoms with E-state index in [2.05, 4.69) is 4.98 Å². The van der Waals surface area contributed by atoms with Gasteiger partial charge in [0.15, 0.2) is 0 Å². The molecule has 0 aromatic carbocycles. The molecule has 2 heterocycles. The first kappa shape index (κ1) is 14.4. The van der Waals surface area contributed by atoms with Gasteiger partial charge in [-0.05, 0) is 13.8 Å². The molecule has 0 saturated carbocycles. The first-order valence-corrected chi connectivity index (χ1v) is 8.57. The van der Waals surface area contributed by atoms with Crippen molar-refractivity contribution in [2.24, 2.45) is 11.1 Å². The van der Waals surface area contributed by atoms with Gasteiger partial charge in [-0.2, -0.15) is 0 Å². The van der Waals surface area contributed by atoms with Gasteiger partial charge in [0.1, 0.15) is 5.01 Å². The van der Waals surface area contributed by atoms with Crippen LogP contribution in [-0.2, 0) is 14.8 Å². The number of primary sulfonamides is 1. The molecule has 2 N–H and O–H groups in total. The second-order valence-electron chi connectivity index (χ2n) is 4.95. The number of carbonyl (C=O) groups is 1. The predicted octanol–water partition coefficient (Wildman–Crippen LogP) is 0.650. The zero-order chi connectivity index (χ0) is 14.2. The van der Waals surface area contributed by atoms with E-state index < -0.39 is 10.0 Å². The quantitative estimate of drug-likeness (QED) is 0.883. The van der Waals surface area contributed by atoms with Crippen LogP contribution in [-0.4, -0.2) is 36.5 Å². The van der Waals surface area contributed by atoms with Crippen molar-refractivity contribution in [3.8, 4) is 0 Å². The normalized spacial score (nSPS) is 21.9. The van der Waals surface area contributed by atoms with Crippen LogP contribution >= 0.6 is 11.3 Å². The zero-order valence-corrected chi connectivity index (χ0v) is 12.5. The van der Waals surface area contributed by atoms with Crippen molar-refractivity contribution < 1.29 is 13.2 Å². The number of carbonyl (C=O) groups excluding carboxylic acids is 1. The van der Waals surface area contributed by atoms with Crippen LogP contribution in [0.5, 0.6) is 0 Å². The van der Waals surface area contributed by atoms with Crippen molar-refractivity contribution >= 4 is 27.3 Å². The summed E-state index contributed by atoms with van der Waals surface area (Å²) in [4.78, 5) is 18.0. The van der Waals surface area contributed by atoms with Crippen molar-refractivity contribution in [3.05, 3.63) is 16.1 Å². The minimum Gasteiger partial charge on any atom is -0.333 e. The van der Waals surface area contributed by atoms with Crippen molar-refractivity contribution in [2.45, 2.75) is 26.3 Å². The topological polar surface area (TPSA) is 93.4 Å². The molecule has 106 valence electrons. The molecule has 1 aromatic heterocycles. The lowest BCUT2D eigenvalue weighted by Crippen LogP contribution is -2.30. The Morgan fingerprint density at radius 1 is 1.63 bits per heavy atom. The largest absolute Gasteiger partial charge is 0.333 e. The van der Waals surface area contributed by atoms with Crippen molar-refractivity contribution in [2.75, 3.05) is 12.3 Å². The highest BCUT2D eigenvalue weighted by molar-refractivity contribution is 7.89. The number of amides is 1. The van der Waals surface area contributed by atoms with Gasteiger partial charge in [0.25, 0.3) is 0 Å². The summed E-state index contributed by atoms with van der Waals surface area (Å²) in [6.07, 6.45) is 0.241. The van der Waals surface area contributed by atoms with Crippen LogP contribution in [0.2, 0.25) is 0 Å². The number of rotatable bonds is 4. The number of hydrogen-bond acceptors (Lipinski definition) is 5. The van der Waals surface area contributed by atoms with E-state index in [-0.39, 0.29) is 30.0 Å². The lowest BCUT2D eigenvalue weighted by molar-refractivity contribution is -0.129. The summed E-state index contributed by atoms with van der Waals surface area (Å²) in [5.74, 6) is -0.390. The van der Waals surface area contributed by atoms with Gasteiger partial charge in [-0.25, -0.2) is 18.5 Å². The smallest absolute Gasteiger partial charge is 0.223 e. The number of likely N-dealkylation sites (tertiary alicyclic amines) is 1. The zero-order valence-electron chi connectivity index (χ0n) is 10.9. The molecule has 0 radical (unpaired) electrons. The minimum absolute atomic E-state index is 0.0333. The van der Waals surface area contributed by atoms with Crippen LogP contribution in [0.25, 0.3) is 0 Å². The maximum absolute atomic E-state index is 12.0. The number of hydrogen-bond donors (Lipinski definition) is 1. The molecular weight excluding hydrogens is 286 g/mol. The average Bonchev–Trinajstić information content (AvgIpc) is 2.82. The highest BCUT2D eigenvalue weighted by Gasteiger charge is 2.35. The van der Waals surface area contributed by atoms with Gasteiger partial charge >= 0.3 is 0 Å². The maximum Gasteiger partial charge on any atom is 0.223 e. The molecule has 1 aliphatic rings. The number of nitrogens with two attached hydrogens (primary N) is 1. The maximum atomic E-state index is 12.0. The Hall–Kier alpha value is -0.990. The van der Waals surface area contributed by atoms with Crippen molar-refractivity contribution in [1.29, 1.82) is 0 Å². The van der Waals surface area contributed by atoms with Gasteiger partial charge in [-0.3, -0.25) is 4.79 Å². The first-order valence-electron chi connectivity index (χ1n) is 5.98. The lowest BCUT2D eigenvalue weighted by Gasteiger charge is -2.22. The average molecular weight is 303 g/mol. The number of sulfonamides is 1. The summed E-state index contributed by atoms with van der Waals surface area (Å²) in [5, 5.41) is 7.84. The monoisotopic (exact) mass is 303 g/mol. The fraction of sp³-hybridized carbons (Fsp3) is 0.636. The number of aryl methyl sites for hydroxylation is 1. The van der Waals surface area contributed by atoms with Crippen molar-refractivity contribution in [1.82, 2.24) is 9.88 Å². The van der Waals surface area contributed by atoms with E-state index in [0.29, 0.717) is 6.54 Å². The first-order chi connectivity index (χ1) is 8.76. The second kappa shape index (κ2) is 5.18. The highest BCUT2D eigenvalue weighted by Crippen LogP contribution is 2.30. The SMILES string of the molecule is Cc1csc(C(C)N2CC(CS(N)(=O)=O)CC2=O)n1. The van der Waals surface area contributed by atoms with E-state index >= 15 is 0 Å². The molecule has 1 fully saturated rings. The molecule has 2 unspecified atom stereocenters. The van der Waals surface area contributed by atoms with Gasteiger partial charge in [0.05, 0.1) is 11.8 Å². The van der Waals surface area contributed by atoms with E-state index in [1.165, 1.54) is 11.3 Å². The van der Waals surface area contributed by atoms with E-state index in [1.54, 1.807) is 4.90 Å². The minimum atomic E-state index is -3.53. The molecule has 1 saturated heterocycles. The number of thiazole rings is 1. The van der Waals surface area contributed by atoms with E-state index in [4.69, 9.17) is 5.14 Å². The van der Waals surface area contributed by atoms with Gasteiger partial charge in [-0.1, -0.05) is 0 Å². The fourth-order valence-electron chi connectivity index (χ4n) is 2.32. The molecule has 1 amide bonds. The Bertz CT molecular complexity index is 582. The van der Waals surface area contributed by atoms with Crippen molar-refractivity contribution in [3.63, 3.8) is 0 Å². The summed E-state index contributed by atoms with van der Waals surface area (Å²) in [6.45, 7) is 4.24. The van der Waals surface area contributed by atoms with Gasteiger partial charge in [0.2, 0.25) is 15.9 Å². The van der Waals surface area contributed by atoms with Crippen LogP contribution in [0, 0.1) is 12.8 Å². The number of nitrogens with zero attached hydrogens (tertiary/aromatic N) is 2. The molecule has 2 rings (SSSR count). The summed E-state index contributed by atoms with van der Waals surface area (Å²) < 4.78 is 22.2. The molecule has 6 nitrogen and oxygen atoms in total. The molecule has 0 spiro atoms. The van der Waals surface area contributed by atoms with Crippen LogP contribution in [0.1, 0.15) is 30.1 Å². The van der Waals surface area contributed by atoms with Crippen LogP contribution < -0.4 is 5.14 Å². The van der Waals surface area contributed by atoms with Gasteiger partial charge in [-0.15, -0.1) is 11.3 Å². The van der Waals surface area contributed by atoms with Crippen LogP contribution in [0.4, 0.5) is 0 Å². The summed E-state index contributed by atoms with van der Waals surface area (Å²) in [5.41, 5.74) is 0.930. The van der Waals surface area contributed by atoms with E-state index in [9.17, 15) is 13.2 Å². The van der Waals surface area contributed by atoms with Gasteiger partial charge in [0, 0.05) is 30.0 Å². The molecule has 1 aliphatic heterocycles.